The van der Waals surface area contributed by atoms with Crippen LogP contribution in [0.15, 0.2) is 66.7 Å². The zero-order valence-corrected chi connectivity index (χ0v) is 17.2. The topological polar surface area (TPSA) is 54.7 Å². The number of halogens is 1. The minimum atomic E-state index is 0.550. The highest BCUT2D eigenvalue weighted by Gasteiger charge is 2.12. The highest BCUT2D eigenvalue weighted by Crippen LogP contribution is 2.23. The number of pyridine rings is 1. The zero-order valence-electron chi connectivity index (χ0n) is 16.5. The molecule has 0 bridgehead atoms. The molecule has 1 fully saturated rings. The van der Waals surface area contributed by atoms with E-state index in [0.717, 1.165) is 55.4 Å². The number of aromatic nitrogens is 3. The average Bonchev–Trinajstić information content (AvgIpc) is 3.19. The Hall–Kier alpha value is -2.93. The molecule has 7 heteroatoms. The van der Waals surface area contributed by atoms with E-state index in [4.69, 9.17) is 16.3 Å². The monoisotopic (exact) mass is 419 g/mol. The van der Waals surface area contributed by atoms with E-state index < -0.39 is 0 Å². The molecule has 0 spiro atoms. The lowest BCUT2D eigenvalue weighted by Crippen LogP contribution is -2.35. The maximum absolute atomic E-state index is 5.96. The number of nitrogens with one attached hydrogen (secondary N) is 1. The van der Waals surface area contributed by atoms with Crippen molar-refractivity contribution in [2.45, 2.75) is 6.54 Å². The summed E-state index contributed by atoms with van der Waals surface area (Å²) < 4.78 is 7.30. The molecule has 152 valence electrons. The molecule has 1 saturated heterocycles. The minimum Gasteiger partial charge on any atom is -0.379 e. The largest absolute Gasteiger partial charge is 0.379 e. The fraction of sp³-hybridized carbons (Fsp3) is 0.217. The molecule has 0 aliphatic carbocycles. The highest BCUT2D eigenvalue weighted by molar-refractivity contribution is 6.30. The van der Waals surface area contributed by atoms with Gasteiger partial charge in [0.2, 0.25) is 5.95 Å². The number of hydrogen-bond donors (Lipinski definition) is 1. The van der Waals surface area contributed by atoms with Gasteiger partial charge in [0.05, 0.1) is 18.9 Å². The predicted molar refractivity (Wildman–Crippen MR) is 119 cm³/mol. The molecule has 3 heterocycles. The number of rotatable bonds is 5. The van der Waals surface area contributed by atoms with Gasteiger partial charge in [-0.05, 0) is 42.0 Å². The van der Waals surface area contributed by atoms with E-state index in [-0.39, 0.29) is 0 Å². The van der Waals surface area contributed by atoms with Crippen molar-refractivity contribution in [1.29, 1.82) is 0 Å². The summed E-state index contributed by atoms with van der Waals surface area (Å²) in [5.74, 6) is 0.550. The molecule has 1 aliphatic rings. The van der Waals surface area contributed by atoms with Gasteiger partial charge in [0.15, 0.2) is 5.65 Å². The summed E-state index contributed by atoms with van der Waals surface area (Å²) in [5, 5.41) is 8.60. The Balaban J connectivity index is 1.38. The maximum Gasteiger partial charge on any atom is 0.247 e. The number of nitrogens with zero attached hydrogens (tertiary/aromatic N) is 4. The van der Waals surface area contributed by atoms with Gasteiger partial charge in [-0.15, -0.1) is 5.10 Å². The molecule has 0 amide bonds. The molecule has 5 rings (SSSR count). The molecular formula is C23H22ClN5O. The van der Waals surface area contributed by atoms with E-state index >= 15 is 0 Å². The Morgan fingerprint density at radius 1 is 0.933 bits per heavy atom. The number of hydrogen-bond acceptors (Lipinski definition) is 5. The van der Waals surface area contributed by atoms with Crippen LogP contribution in [0.2, 0.25) is 5.02 Å². The second kappa shape index (κ2) is 8.44. The van der Waals surface area contributed by atoms with Crippen molar-refractivity contribution in [3.05, 3.63) is 77.3 Å². The smallest absolute Gasteiger partial charge is 0.247 e. The van der Waals surface area contributed by atoms with Crippen molar-refractivity contribution in [2.75, 3.05) is 31.6 Å². The first-order valence-electron chi connectivity index (χ1n) is 10.0. The second-order valence-electron chi connectivity index (χ2n) is 7.33. The van der Waals surface area contributed by atoms with Crippen molar-refractivity contribution in [3.63, 3.8) is 0 Å². The summed E-state index contributed by atoms with van der Waals surface area (Å²) in [4.78, 5) is 7.02. The SMILES string of the molecule is Clc1ccc(Nc2nc3cccc(-c4ccc(CN5CCOCC5)cc4)n3n2)cc1. The first-order chi connectivity index (χ1) is 14.7. The lowest BCUT2D eigenvalue weighted by Gasteiger charge is -2.26. The number of benzene rings is 2. The van der Waals surface area contributed by atoms with Gasteiger partial charge in [-0.2, -0.15) is 4.98 Å². The van der Waals surface area contributed by atoms with Gasteiger partial charge >= 0.3 is 0 Å². The molecule has 0 unspecified atom stereocenters. The summed E-state index contributed by atoms with van der Waals surface area (Å²) >= 11 is 5.96. The molecule has 30 heavy (non-hydrogen) atoms. The molecule has 0 atom stereocenters. The van der Waals surface area contributed by atoms with E-state index in [1.54, 1.807) is 0 Å². The second-order valence-corrected chi connectivity index (χ2v) is 7.77. The van der Waals surface area contributed by atoms with E-state index in [9.17, 15) is 0 Å². The van der Waals surface area contributed by atoms with E-state index in [0.29, 0.717) is 11.0 Å². The predicted octanol–water partition coefficient (Wildman–Crippen LogP) is 4.63. The van der Waals surface area contributed by atoms with Gasteiger partial charge in [0.25, 0.3) is 0 Å². The van der Waals surface area contributed by atoms with Crippen molar-refractivity contribution in [1.82, 2.24) is 19.5 Å². The van der Waals surface area contributed by atoms with Crippen LogP contribution in [0.1, 0.15) is 5.56 Å². The number of ether oxygens (including phenoxy) is 1. The number of anilines is 2. The lowest BCUT2D eigenvalue weighted by atomic mass is 10.1. The van der Waals surface area contributed by atoms with Crippen LogP contribution in [0.5, 0.6) is 0 Å². The summed E-state index contributed by atoms with van der Waals surface area (Å²) in [6, 6.07) is 22.2. The van der Waals surface area contributed by atoms with Crippen LogP contribution in [0.3, 0.4) is 0 Å². The fourth-order valence-electron chi connectivity index (χ4n) is 3.64. The average molecular weight is 420 g/mol. The third-order valence-corrected chi connectivity index (χ3v) is 5.47. The first kappa shape index (κ1) is 19.1. The number of morpholine rings is 1. The van der Waals surface area contributed by atoms with Crippen molar-refractivity contribution in [2.24, 2.45) is 0 Å². The van der Waals surface area contributed by atoms with Crippen molar-refractivity contribution >= 4 is 28.9 Å². The van der Waals surface area contributed by atoms with Gasteiger partial charge < -0.3 is 10.1 Å². The molecular weight excluding hydrogens is 398 g/mol. The molecule has 2 aromatic heterocycles. The standard InChI is InChI=1S/C23H22ClN5O/c24-19-8-10-20(11-9-19)25-23-26-22-3-1-2-21(29(22)27-23)18-6-4-17(5-7-18)16-28-12-14-30-15-13-28/h1-11H,12-16H2,(H,25,27). The zero-order chi connectivity index (χ0) is 20.3. The Bertz CT molecular complexity index is 1130. The molecule has 1 aliphatic heterocycles. The lowest BCUT2D eigenvalue weighted by molar-refractivity contribution is 0.0342. The van der Waals surface area contributed by atoms with E-state index in [1.807, 2.05) is 40.9 Å². The van der Waals surface area contributed by atoms with E-state index in [2.05, 4.69) is 50.6 Å². The molecule has 6 nitrogen and oxygen atoms in total. The summed E-state index contributed by atoms with van der Waals surface area (Å²) in [7, 11) is 0. The molecule has 2 aromatic carbocycles. The Kier molecular flexibility index (Phi) is 5.36. The third-order valence-electron chi connectivity index (χ3n) is 5.22. The van der Waals surface area contributed by atoms with Crippen LogP contribution < -0.4 is 5.32 Å². The number of fused-ring (bicyclic) bond motifs is 1. The Labute approximate surface area is 180 Å². The van der Waals surface area contributed by atoms with Crippen LogP contribution in [0.25, 0.3) is 16.9 Å². The summed E-state index contributed by atoms with van der Waals surface area (Å²) in [6.45, 7) is 4.57. The summed E-state index contributed by atoms with van der Waals surface area (Å²) in [6.07, 6.45) is 0. The maximum atomic E-state index is 5.96. The third kappa shape index (κ3) is 4.16. The fourth-order valence-corrected chi connectivity index (χ4v) is 3.76. The molecule has 4 aromatic rings. The Morgan fingerprint density at radius 3 is 2.47 bits per heavy atom. The minimum absolute atomic E-state index is 0.550. The first-order valence-corrected chi connectivity index (χ1v) is 10.4. The van der Waals surface area contributed by atoms with Crippen molar-refractivity contribution in [3.8, 4) is 11.3 Å². The summed E-state index contributed by atoms with van der Waals surface area (Å²) in [5.41, 5.74) is 5.10. The van der Waals surface area contributed by atoms with Crippen LogP contribution in [-0.2, 0) is 11.3 Å². The molecule has 0 radical (unpaired) electrons. The van der Waals surface area contributed by atoms with Crippen LogP contribution >= 0.6 is 11.6 Å². The van der Waals surface area contributed by atoms with Gasteiger partial charge in [0.1, 0.15) is 0 Å². The normalized spacial score (nSPS) is 14.8. The molecule has 0 saturated carbocycles. The van der Waals surface area contributed by atoms with Gasteiger partial charge in [0, 0.05) is 35.9 Å². The van der Waals surface area contributed by atoms with Crippen LogP contribution in [0, 0.1) is 0 Å². The van der Waals surface area contributed by atoms with Gasteiger partial charge in [-0.3, -0.25) is 4.90 Å². The Morgan fingerprint density at radius 2 is 1.70 bits per heavy atom. The van der Waals surface area contributed by atoms with Gasteiger partial charge in [-0.1, -0.05) is 41.9 Å². The highest BCUT2D eigenvalue weighted by atomic mass is 35.5. The molecule has 1 N–H and O–H groups in total. The van der Waals surface area contributed by atoms with Crippen molar-refractivity contribution < 1.29 is 4.74 Å². The quantitative estimate of drug-likeness (QED) is 0.511. The van der Waals surface area contributed by atoms with Crippen LogP contribution in [0.4, 0.5) is 11.6 Å². The van der Waals surface area contributed by atoms with Crippen LogP contribution in [-0.4, -0.2) is 45.8 Å². The van der Waals surface area contributed by atoms with E-state index in [1.165, 1.54) is 5.56 Å². The van der Waals surface area contributed by atoms with Gasteiger partial charge in [-0.25, -0.2) is 4.52 Å².